The lowest BCUT2D eigenvalue weighted by Gasteiger charge is -2.29. The minimum atomic E-state index is -4.43. The van der Waals surface area contributed by atoms with Gasteiger partial charge in [-0.3, -0.25) is 0 Å². The van der Waals surface area contributed by atoms with E-state index in [1.54, 1.807) is 18.3 Å². The third-order valence-electron chi connectivity index (χ3n) is 6.89. The maximum absolute atomic E-state index is 13.3. The fraction of sp³-hybridized carbons (Fsp3) is 0.259. The summed E-state index contributed by atoms with van der Waals surface area (Å²) in [5.74, 6) is 0.790. The number of pyridine rings is 2. The number of alkyl halides is 3. The molecule has 192 valence electrons. The molecule has 4 aromatic rings. The predicted octanol–water partition coefficient (Wildman–Crippen LogP) is 6.09. The molecule has 0 unspecified atom stereocenters. The molecule has 2 heterocycles. The molecule has 6 nitrogen and oxygen atoms in total. The van der Waals surface area contributed by atoms with Gasteiger partial charge in [-0.1, -0.05) is 30.3 Å². The fourth-order valence-electron chi connectivity index (χ4n) is 4.87. The van der Waals surface area contributed by atoms with E-state index in [0.29, 0.717) is 37.3 Å². The van der Waals surface area contributed by atoms with E-state index in [9.17, 15) is 21.6 Å². The van der Waals surface area contributed by atoms with E-state index in [4.69, 9.17) is 5.73 Å². The molecule has 5 rings (SSSR count). The average molecular weight is 527 g/mol. The average Bonchev–Trinajstić information content (AvgIpc) is 2.89. The molecule has 2 aromatic carbocycles. The third-order valence-corrected chi connectivity index (χ3v) is 9.16. The van der Waals surface area contributed by atoms with Gasteiger partial charge in [0.25, 0.3) is 0 Å². The highest BCUT2D eigenvalue weighted by Gasteiger charge is 2.33. The van der Waals surface area contributed by atoms with Gasteiger partial charge in [0.05, 0.1) is 15.7 Å². The third kappa shape index (κ3) is 5.11. The van der Waals surface area contributed by atoms with Gasteiger partial charge in [-0.2, -0.15) is 13.2 Å². The van der Waals surface area contributed by atoms with Crippen molar-refractivity contribution in [2.24, 2.45) is 0 Å². The van der Waals surface area contributed by atoms with E-state index in [0.717, 1.165) is 34.2 Å². The molecule has 1 aliphatic carbocycles. The highest BCUT2D eigenvalue weighted by atomic mass is 32.2. The number of sulfone groups is 1. The molecule has 0 radical (unpaired) electrons. The van der Waals surface area contributed by atoms with Crippen LogP contribution < -0.4 is 11.1 Å². The highest BCUT2D eigenvalue weighted by molar-refractivity contribution is 7.92. The molecular formula is C27H25F3N4O2S. The molecule has 2 aromatic heterocycles. The summed E-state index contributed by atoms with van der Waals surface area (Å²) in [5, 5.41) is 4.40. The molecule has 1 fully saturated rings. The number of benzene rings is 2. The largest absolute Gasteiger partial charge is 0.417 e. The van der Waals surface area contributed by atoms with Crippen LogP contribution in [0.25, 0.3) is 21.9 Å². The molecule has 37 heavy (non-hydrogen) atoms. The van der Waals surface area contributed by atoms with Crippen molar-refractivity contribution in [1.29, 1.82) is 0 Å². The van der Waals surface area contributed by atoms with Crippen LogP contribution in [0.5, 0.6) is 0 Å². The molecular weight excluding hydrogens is 501 g/mol. The van der Waals surface area contributed by atoms with E-state index in [1.165, 1.54) is 6.07 Å². The van der Waals surface area contributed by atoms with E-state index >= 15 is 0 Å². The summed E-state index contributed by atoms with van der Waals surface area (Å²) >= 11 is 0. The van der Waals surface area contributed by atoms with Crippen LogP contribution in [0.1, 0.15) is 31.2 Å². The Kier molecular flexibility index (Phi) is 6.53. The number of halogens is 3. The maximum Gasteiger partial charge on any atom is 0.417 e. The Balaban J connectivity index is 1.26. The van der Waals surface area contributed by atoms with E-state index in [1.807, 2.05) is 36.4 Å². The first-order chi connectivity index (χ1) is 17.6. The monoisotopic (exact) mass is 526 g/mol. The lowest BCUT2D eigenvalue weighted by atomic mass is 9.95. The number of hydrogen-bond acceptors (Lipinski definition) is 6. The molecule has 0 aliphatic heterocycles. The second-order valence-corrected chi connectivity index (χ2v) is 11.4. The number of nitrogens with one attached hydrogen (secondary N) is 1. The van der Waals surface area contributed by atoms with Crippen LogP contribution >= 0.6 is 0 Å². The van der Waals surface area contributed by atoms with Crippen LogP contribution in [0, 0.1) is 0 Å². The van der Waals surface area contributed by atoms with E-state index < -0.39 is 26.8 Å². The summed E-state index contributed by atoms with van der Waals surface area (Å²) < 4.78 is 64.9. The van der Waals surface area contributed by atoms with Gasteiger partial charge in [0, 0.05) is 23.8 Å². The SMILES string of the molecule is Nc1nccc2c(-c3ccc(S(=O)(=O)C4CCC(Nc5ccc(C(F)(F)F)cn5)CC4)cc3)cccc12. The Morgan fingerprint density at radius 1 is 0.865 bits per heavy atom. The van der Waals surface area contributed by atoms with Crippen LogP contribution in [0.4, 0.5) is 24.8 Å². The molecule has 0 spiro atoms. The van der Waals surface area contributed by atoms with Crippen LogP contribution in [0.2, 0.25) is 0 Å². The number of nitrogens with two attached hydrogens (primary N) is 1. The van der Waals surface area contributed by atoms with Gasteiger partial charge in [0.15, 0.2) is 9.84 Å². The van der Waals surface area contributed by atoms with Gasteiger partial charge in [0.1, 0.15) is 11.6 Å². The van der Waals surface area contributed by atoms with Gasteiger partial charge in [0.2, 0.25) is 0 Å². The Morgan fingerprint density at radius 3 is 2.24 bits per heavy atom. The van der Waals surface area contributed by atoms with Crippen molar-refractivity contribution in [3.8, 4) is 11.1 Å². The zero-order chi connectivity index (χ0) is 26.2. The smallest absolute Gasteiger partial charge is 0.383 e. The summed E-state index contributed by atoms with van der Waals surface area (Å²) in [6, 6.07) is 16.8. The lowest BCUT2D eigenvalue weighted by molar-refractivity contribution is -0.137. The molecule has 10 heteroatoms. The summed E-state index contributed by atoms with van der Waals surface area (Å²) in [5.41, 5.74) is 7.02. The summed E-state index contributed by atoms with van der Waals surface area (Å²) in [7, 11) is -3.53. The summed E-state index contributed by atoms with van der Waals surface area (Å²) in [6.07, 6.45) is 0.0871. The van der Waals surface area contributed by atoms with Crippen LogP contribution in [0.3, 0.4) is 0 Å². The first-order valence-electron chi connectivity index (χ1n) is 11.9. The zero-order valence-corrected chi connectivity index (χ0v) is 20.6. The number of anilines is 2. The number of nitrogens with zero attached hydrogens (tertiary/aromatic N) is 2. The van der Waals surface area contributed by atoms with Crippen molar-refractivity contribution >= 4 is 32.2 Å². The molecule has 3 N–H and O–H groups in total. The van der Waals surface area contributed by atoms with Crippen LogP contribution in [-0.2, 0) is 16.0 Å². The predicted molar refractivity (Wildman–Crippen MR) is 138 cm³/mol. The Bertz CT molecular complexity index is 1510. The van der Waals surface area contributed by atoms with Gasteiger partial charge in [-0.05, 0) is 72.5 Å². The van der Waals surface area contributed by atoms with Crippen molar-refractivity contribution < 1.29 is 21.6 Å². The molecule has 0 amide bonds. The Morgan fingerprint density at radius 2 is 1.59 bits per heavy atom. The van der Waals surface area contributed by atoms with Gasteiger partial charge in [-0.25, -0.2) is 18.4 Å². The summed E-state index contributed by atoms with van der Waals surface area (Å²) in [6.45, 7) is 0. The van der Waals surface area contributed by atoms with Gasteiger partial charge in [-0.15, -0.1) is 0 Å². The summed E-state index contributed by atoms with van der Waals surface area (Å²) in [4.78, 5) is 8.26. The van der Waals surface area contributed by atoms with Crippen molar-refractivity contribution in [2.45, 2.75) is 48.0 Å². The van der Waals surface area contributed by atoms with Crippen LogP contribution in [-0.4, -0.2) is 29.7 Å². The highest BCUT2D eigenvalue weighted by Crippen LogP contribution is 2.34. The first kappa shape index (κ1) is 25.0. The molecule has 1 aliphatic rings. The quantitative estimate of drug-likeness (QED) is 0.326. The molecule has 1 saturated carbocycles. The van der Waals surface area contributed by atoms with Crippen molar-refractivity contribution in [3.05, 3.63) is 78.6 Å². The molecule has 0 atom stereocenters. The minimum Gasteiger partial charge on any atom is -0.383 e. The number of nitrogen functional groups attached to an aromatic ring is 1. The topological polar surface area (TPSA) is 98.0 Å². The van der Waals surface area contributed by atoms with Crippen LogP contribution in [0.15, 0.2) is 78.0 Å². The molecule has 0 saturated heterocycles. The van der Waals surface area contributed by atoms with Crippen molar-refractivity contribution in [3.63, 3.8) is 0 Å². The second-order valence-electron chi connectivity index (χ2n) is 9.21. The van der Waals surface area contributed by atoms with Crippen molar-refractivity contribution in [1.82, 2.24) is 9.97 Å². The number of fused-ring (bicyclic) bond motifs is 1. The zero-order valence-electron chi connectivity index (χ0n) is 19.7. The Hall–Kier alpha value is -3.66. The van der Waals surface area contributed by atoms with E-state index in [2.05, 4.69) is 15.3 Å². The van der Waals surface area contributed by atoms with E-state index in [-0.39, 0.29) is 10.9 Å². The number of aromatic nitrogens is 2. The Labute approximate surface area is 212 Å². The molecule has 0 bridgehead atoms. The maximum atomic E-state index is 13.3. The van der Waals surface area contributed by atoms with Gasteiger partial charge < -0.3 is 11.1 Å². The fourth-order valence-corrected chi connectivity index (χ4v) is 6.66. The second kappa shape index (κ2) is 9.66. The normalized spacial score (nSPS) is 18.6. The van der Waals surface area contributed by atoms with Gasteiger partial charge >= 0.3 is 6.18 Å². The lowest BCUT2D eigenvalue weighted by Crippen LogP contribution is -2.33. The first-order valence-corrected chi connectivity index (χ1v) is 13.4. The number of rotatable bonds is 5. The standard InChI is InChI=1S/C27H25F3N4O2S/c28-27(29,30)18-6-13-25(33-16-18)34-19-7-11-21(12-8-19)37(35,36)20-9-4-17(5-10-20)22-2-1-3-24-23(22)14-15-32-26(24)31/h1-6,9-10,13-16,19,21H,7-8,11-12H2,(H2,31,32)(H,33,34). The number of hydrogen-bond donors (Lipinski definition) is 2. The minimum absolute atomic E-state index is 0.0497. The van der Waals surface area contributed by atoms with Crippen molar-refractivity contribution in [2.75, 3.05) is 11.1 Å².